The predicted molar refractivity (Wildman–Crippen MR) is 88.9 cm³/mol. The van der Waals surface area contributed by atoms with Crippen LogP contribution in [0, 0.1) is 0 Å². The van der Waals surface area contributed by atoms with E-state index in [0.717, 1.165) is 12.2 Å². The minimum atomic E-state index is 0.149. The molecular formula is C19H25NO. The molecule has 0 amide bonds. The molecule has 0 aliphatic heterocycles. The van der Waals surface area contributed by atoms with Crippen molar-refractivity contribution in [2.75, 3.05) is 7.05 Å². The van der Waals surface area contributed by atoms with E-state index in [9.17, 15) is 0 Å². The summed E-state index contributed by atoms with van der Waals surface area (Å²) in [7, 11) is 2.00. The topological polar surface area (TPSA) is 21.3 Å². The molecule has 0 fully saturated rings. The second-order valence-corrected chi connectivity index (χ2v) is 5.48. The van der Waals surface area contributed by atoms with Crippen molar-refractivity contribution in [2.45, 2.75) is 39.3 Å². The third kappa shape index (κ3) is 3.64. The summed E-state index contributed by atoms with van der Waals surface area (Å²) in [5.74, 6) is 0.956. The second kappa shape index (κ2) is 7.28. The Morgan fingerprint density at radius 3 is 2.19 bits per heavy atom. The lowest BCUT2D eigenvalue weighted by Crippen LogP contribution is -2.21. The molecule has 0 aliphatic rings. The van der Waals surface area contributed by atoms with E-state index < -0.39 is 0 Å². The fourth-order valence-electron chi connectivity index (χ4n) is 2.70. The molecule has 0 aromatic heterocycles. The van der Waals surface area contributed by atoms with Crippen molar-refractivity contribution in [2.24, 2.45) is 0 Å². The molecule has 0 bridgehead atoms. The van der Waals surface area contributed by atoms with Gasteiger partial charge < -0.3 is 10.1 Å². The smallest absolute Gasteiger partial charge is 0.124 e. The van der Waals surface area contributed by atoms with Crippen molar-refractivity contribution in [1.82, 2.24) is 5.32 Å². The van der Waals surface area contributed by atoms with Gasteiger partial charge in [0.2, 0.25) is 0 Å². The number of ether oxygens (including phenoxy) is 1. The van der Waals surface area contributed by atoms with Crippen LogP contribution < -0.4 is 10.1 Å². The third-order valence-electron chi connectivity index (χ3n) is 3.63. The average molecular weight is 283 g/mol. The van der Waals surface area contributed by atoms with Crippen LogP contribution in [0.25, 0.3) is 0 Å². The quantitative estimate of drug-likeness (QED) is 0.851. The van der Waals surface area contributed by atoms with Gasteiger partial charge in [-0.15, -0.1) is 0 Å². The molecule has 1 atom stereocenters. The van der Waals surface area contributed by atoms with Gasteiger partial charge in [0.1, 0.15) is 5.75 Å². The number of hydrogen-bond donors (Lipinski definition) is 1. The van der Waals surface area contributed by atoms with Crippen LogP contribution in [0.4, 0.5) is 0 Å². The van der Waals surface area contributed by atoms with Gasteiger partial charge in [-0.3, -0.25) is 0 Å². The van der Waals surface area contributed by atoms with E-state index in [1.807, 2.05) is 19.2 Å². The maximum absolute atomic E-state index is 5.98. The molecule has 2 aromatic rings. The lowest BCUT2D eigenvalue weighted by molar-refractivity contribution is 0.238. The van der Waals surface area contributed by atoms with Crippen LogP contribution in [0.15, 0.2) is 48.5 Å². The van der Waals surface area contributed by atoms with E-state index in [4.69, 9.17) is 4.74 Å². The van der Waals surface area contributed by atoms with Crippen LogP contribution in [0.1, 0.15) is 43.5 Å². The maximum atomic E-state index is 5.98. The first-order valence-electron chi connectivity index (χ1n) is 7.68. The van der Waals surface area contributed by atoms with Gasteiger partial charge in [0.05, 0.1) is 12.1 Å². The summed E-state index contributed by atoms with van der Waals surface area (Å²) < 4.78 is 5.98. The van der Waals surface area contributed by atoms with Crippen molar-refractivity contribution in [3.05, 3.63) is 65.2 Å². The summed E-state index contributed by atoms with van der Waals surface area (Å²) in [6.07, 6.45) is 1.20. The average Bonchev–Trinajstić information content (AvgIpc) is 2.49. The molecule has 2 nitrogen and oxygen atoms in total. The SMILES string of the molecule is CCc1ccccc1C(NC)c1ccccc1OC(C)C. The van der Waals surface area contributed by atoms with Crippen LogP contribution >= 0.6 is 0 Å². The molecule has 0 heterocycles. The predicted octanol–water partition coefficient (Wildman–Crippen LogP) is 4.35. The van der Waals surface area contributed by atoms with E-state index in [2.05, 4.69) is 62.5 Å². The molecule has 2 rings (SSSR count). The van der Waals surface area contributed by atoms with Crippen LogP contribution in [0.5, 0.6) is 5.75 Å². The number of rotatable bonds is 6. The summed E-state index contributed by atoms with van der Waals surface area (Å²) in [5, 5.41) is 3.44. The Morgan fingerprint density at radius 1 is 0.952 bits per heavy atom. The van der Waals surface area contributed by atoms with Gasteiger partial charge in [-0.25, -0.2) is 0 Å². The molecule has 1 unspecified atom stereocenters. The normalized spacial score (nSPS) is 12.4. The first-order chi connectivity index (χ1) is 10.2. The lowest BCUT2D eigenvalue weighted by atomic mass is 9.93. The number of nitrogens with one attached hydrogen (secondary N) is 1. The van der Waals surface area contributed by atoms with Crippen LogP contribution in [0.3, 0.4) is 0 Å². The Kier molecular flexibility index (Phi) is 5.40. The highest BCUT2D eigenvalue weighted by Crippen LogP contribution is 2.32. The standard InChI is InChI=1S/C19H25NO/c1-5-15-10-6-7-11-16(15)19(20-4)17-12-8-9-13-18(17)21-14(2)3/h6-14,19-20H,5H2,1-4H3. The van der Waals surface area contributed by atoms with Gasteiger partial charge in [0, 0.05) is 5.56 Å². The molecule has 0 radical (unpaired) electrons. The summed E-state index contributed by atoms with van der Waals surface area (Å²) in [6, 6.07) is 17.0. The van der Waals surface area contributed by atoms with Gasteiger partial charge in [0.15, 0.2) is 0 Å². The van der Waals surface area contributed by atoms with Gasteiger partial charge in [-0.1, -0.05) is 49.4 Å². The highest BCUT2D eigenvalue weighted by Gasteiger charge is 2.19. The molecular weight excluding hydrogens is 258 g/mol. The summed E-state index contributed by atoms with van der Waals surface area (Å²) >= 11 is 0. The van der Waals surface area contributed by atoms with E-state index in [0.29, 0.717) is 0 Å². The van der Waals surface area contributed by atoms with Gasteiger partial charge in [0.25, 0.3) is 0 Å². The first kappa shape index (κ1) is 15.6. The minimum Gasteiger partial charge on any atom is -0.491 e. The Hall–Kier alpha value is -1.80. The lowest BCUT2D eigenvalue weighted by Gasteiger charge is -2.23. The zero-order valence-corrected chi connectivity index (χ0v) is 13.4. The molecule has 0 aliphatic carbocycles. The molecule has 0 spiro atoms. The summed E-state index contributed by atoms with van der Waals surface area (Å²) in [6.45, 7) is 6.32. The Balaban J connectivity index is 2.46. The minimum absolute atomic E-state index is 0.149. The zero-order chi connectivity index (χ0) is 15.2. The summed E-state index contributed by atoms with van der Waals surface area (Å²) in [4.78, 5) is 0. The molecule has 0 saturated heterocycles. The third-order valence-corrected chi connectivity index (χ3v) is 3.63. The van der Waals surface area contributed by atoms with E-state index in [1.165, 1.54) is 16.7 Å². The fourth-order valence-corrected chi connectivity index (χ4v) is 2.70. The van der Waals surface area contributed by atoms with E-state index >= 15 is 0 Å². The Bertz CT molecular complexity index is 577. The van der Waals surface area contributed by atoms with Crippen molar-refractivity contribution in [3.63, 3.8) is 0 Å². The van der Waals surface area contributed by atoms with Crippen molar-refractivity contribution in [3.8, 4) is 5.75 Å². The van der Waals surface area contributed by atoms with Crippen molar-refractivity contribution >= 4 is 0 Å². The van der Waals surface area contributed by atoms with Gasteiger partial charge in [-0.05, 0) is 44.5 Å². The highest BCUT2D eigenvalue weighted by atomic mass is 16.5. The largest absolute Gasteiger partial charge is 0.491 e. The number of benzene rings is 2. The molecule has 2 aromatic carbocycles. The van der Waals surface area contributed by atoms with Crippen LogP contribution in [-0.2, 0) is 6.42 Å². The molecule has 2 heteroatoms. The van der Waals surface area contributed by atoms with Crippen LogP contribution in [0.2, 0.25) is 0 Å². The van der Waals surface area contributed by atoms with E-state index in [-0.39, 0.29) is 12.1 Å². The molecule has 112 valence electrons. The van der Waals surface area contributed by atoms with E-state index in [1.54, 1.807) is 0 Å². The van der Waals surface area contributed by atoms with Gasteiger partial charge >= 0.3 is 0 Å². The second-order valence-electron chi connectivity index (χ2n) is 5.48. The number of hydrogen-bond acceptors (Lipinski definition) is 2. The fraction of sp³-hybridized carbons (Fsp3) is 0.368. The Labute approximate surface area is 128 Å². The van der Waals surface area contributed by atoms with Crippen LogP contribution in [-0.4, -0.2) is 13.2 Å². The molecule has 0 saturated carbocycles. The number of para-hydroxylation sites is 1. The Morgan fingerprint density at radius 2 is 1.57 bits per heavy atom. The first-order valence-corrected chi connectivity index (χ1v) is 7.68. The maximum Gasteiger partial charge on any atom is 0.124 e. The molecule has 21 heavy (non-hydrogen) atoms. The zero-order valence-electron chi connectivity index (χ0n) is 13.4. The monoisotopic (exact) mass is 283 g/mol. The summed E-state index contributed by atoms with van der Waals surface area (Å²) in [5.41, 5.74) is 3.88. The van der Waals surface area contributed by atoms with Gasteiger partial charge in [-0.2, -0.15) is 0 Å². The van der Waals surface area contributed by atoms with Crippen molar-refractivity contribution in [1.29, 1.82) is 0 Å². The van der Waals surface area contributed by atoms with Crippen molar-refractivity contribution < 1.29 is 4.74 Å². The molecule has 1 N–H and O–H groups in total. The highest BCUT2D eigenvalue weighted by molar-refractivity contribution is 5.44. The number of aryl methyl sites for hydroxylation is 1.